The maximum Gasteiger partial charge on any atom is 0.228 e. The number of rotatable bonds is 4. The highest BCUT2D eigenvalue weighted by molar-refractivity contribution is 6.32. The molecule has 8 heteroatoms. The van der Waals surface area contributed by atoms with Crippen molar-refractivity contribution in [3.05, 3.63) is 59.2 Å². The number of aromatic nitrogens is 3. The molecule has 3 aromatic rings. The molecule has 2 fully saturated rings. The first-order chi connectivity index (χ1) is 16.5. The largest absolute Gasteiger partial charge is 0.352 e. The smallest absolute Gasteiger partial charge is 0.228 e. The molecule has 0 amide bonds. The molecule has 0 aliphatic carbocycles. The number of nitrogens with zero attached hydrogens (tertiary/aromatic N) is 7. The van der Waals surface area contributed by atoms with Crippen LogP contribution in [0.3, 0.4) is 0 Å². The van der Waals surface area contributed by atoms with Crippen molar-refractivity contribution >= 4 is 29.2 Å². The molecule has 0 radical (unpaired) electrons. The summed E-state index contributed by atoms with van der Waals surface area (Å²) in [6.07, 6.45) is 4.08. The molecule has 2 aliphatic heterocycles. The van der Waals surface area contributed by atoms with Crippen LogP contribution in [0.5, 0.6) is 0 Å². The summed E-state index contributed by atoms with van der Waals surface area (Å²) in [7, 11) is 0. The lowest BCUT2D eigenvalue weighted by molar-refractivity contribution is 0.542. The zero-order chi connectivity index (χ0) is 23.7. The molecule has 2 aromatic heterocycles. The molecule has 7 nitrogen and oxygen atoms in total. The summed E-state index contributed by atoms with van der Waals surface area (Å²) in [6, 6.07) is 16.3. The van der Waals surface area contributed by atoms with Gasteiger partial charge in [0.05, 0.1) is 22.3 Å². The lowest BCUT2D eigenvalue weighted by Crippen LogP contribution is -2.52. The van der Waals surface area contributed by atoms with Crippen LogP contribution in [-0.2, 0) is 0 Å². The van der Waals surface area contributed by atoms with Crippen LogP contribution in [-0.4, -0.2) is 53.2 Å². The second-order valence-corrected chi connectivity index (χ2v) is 9.49. The Kier molecular flexibility index (Phi) is 6.25. The summed E-state index contributed by atoms with van der Waals surface area (Å²) < 4.78 is 0. The number of hydrogen-bond acceptors (Lipinski definition) is 7. The number of pyridine rings is 1. The van der Waals surface area contributed by atoms with Gasteiger partial charge in [-0.15, -0.1) is 0 Å². The van der Waals surface area contributed by atoms with E-state index in [0.717, 1.165) is 67.9 Å². The van der Waals surface area contributed by atoms with Crippen LogP contribution in [0.4, 0.5) is 17.6 Å². The van der Waals surface area contributed by atoms with Gasteiger partial charge in [-0.05, 0) is 51.0 Å². The van der Waals surface area contributed by atoms with E-state index in [1.54, 1.807) is 6.20 Å². The van der Waals surface area contributed by atoms with E-state index in [1.807, 2.05) is 36.4 Å². The Morgan fingerprint density at radius 2 is 1.88 bits per heavy atom. The van der Waals surface area contributed by atoms with Gasteiger partial charge >= 0.3 is 0 Å². The molecule has 174 valence electrons. The molecule has 2 saturated heterocycles. The first-order valence-corrected chi connectivity index (χ1v) is 12.2. The van der Waals surface area contributed by atoms with Gasteiger partial charge in [0.2, 0.25) is 5.95 Å². The average molecular weight is 474 g/mol. The molecule has 0 bridgehead atoms. The van der Waals surface area contributed by atoms with Crippen molar-refractivity contribution in [2.75, 3.05) is 40.9 Å². The molecule has 2 atom stereocenters. The van der Waals surface area contributed by atoms with Crippen LogP contribution in [0.15, 0.2) is 48.7 Å². The second kappa shape index (κ2) is 9.47. The molecule has 5 rings (SSSR count). The Bertz CT molecular complexity index is 1220. The predicted molar refractivity (Wildman–Crippen MR) is 136 cm³/mol. The highest BCUT2D eigenvalue weighted by atomic mass is 35.5. The molecule has 2 unspecified atom stereocenters. The summed E-state index contributed by atoms with van der Waals surface area (Å²) in [5.41, 5.74) is 2.41. The van der Waals surface area contributed by atoms with E-state index < -0.39 is 0 Å². The minimum Gasteiger partial charge on any atom is -0.352 e. The van der Waals surface area contributed by atoms with Gasteiger partial charge in [-0.1, -0.05) is 23.7 Å². The standard InChI is InChI=1S/C26H28ClN7/c1-18-6-5-11-34(18)26-30-23(21-8-3-7-20(14-21)16-28)15-24(31-26)33-13-12-32(17-19(33)2)25-22(27)9-4-10-29-25/h3-4,7-10,14-15,18-19H,5-6,11-13,17H2,1-2H3. The summed E-state index contributed by atoms with van der Waals surface area (Å²) in [6.45, 7) is 7.81. The Morgan fingerprint density at radius 3 is 2.62 bits per heavy atom. The lowest BCUT2D eigenvalue weighted by Gasteiger charge is -2.41. The van der Waals surface area contributed by atoms with Crippen LogP contribution in [0.1, 0.15) is 32.3 Å². The second-order valence-electron chi connectivity index (χ2n) is 9.09. The van der Waals surface area contributed by atoms with Gasteiger partial charge in [-0.3, -0.25) is 0 Å². The maximum absolute atomic E-state index is 9.38. The van der Waals surface area contributed by atoms with E-state index in [1.165, 1.54) is 0 Å². The van der Waals surface area contributed by atoms with Gasteiger partial charge in [0.1, 0.15) is 11.6 Å². The van der Waals surface area contributed by atoms with Crippen LogP contribution in [0, 0.1) is 11.3 Å². The van der Waals surface area contributed by atoms with Gasteiger partial charge in [-0.2, -0.15) is 10.2 Å². The first kappa shape index (κ1) is 22.4. The predicted octanol–water partition coefficient (Wildman–Crippen LogP) is 4.77. The zero-order valence-electron chi connectivity index (χ0n) is 19.5. The van der Waals surface area contributed by atoms with E-state index in [2.05, 4.69) is 45.7 Å². The summed E-state index contributed by atoms with van der Waals surface area (Å²) >= 11 is 6.41. The van der Waals surface area contributed by atoms with Crippen molar-refractivity contribution in [2.45, 2.75) is 38.8 Å². The molecule has 1 aromatic carbocycles. The molecule has 0 spiro atoms. The van der Waals surface area contributed by atoms with E-state index in [-0.39, 0.29) is 6.04 Å². The van der Waals surface area contributed by atoms with Gasteiger partial charge in [0.15, 0.2) is 0 Å². The van der Waals surface area contributed by atoms with E-state index in [0.29, 0.717) is 16.6 Å². The third-order valence-corrected chi connectivity index (χ3v) is 7.05. The number of anilines is 3. The Balaban J connectivity index is 1.49. The van der Waals surface area contributed by atoms with Crippen LogP contribution < -0.4 is 14.7 Å². The SMILES string of the molecule is CC1CN(c2ncccc2Cl)CCN1c1cc(-c2cccc(C#N)c2)nc(N2CCCC2C)n1. The van der Waals surface area contributed by atoms with Gasteiger partial charge in [-0.25, -0.2) is 9.97 Å². The van der Waals surface area contributed by atoms with Gasteiger partial charge in [0, 0.05) is 56.1 Å². The van der Waals surface area contributed by atoms with Gasteiger partial charge in [0.25, 0.3) is 0 Å². The average Bonchev–Trinajstić information content (AvgIpc) is 3.30. The van der Waals surface area contributed by atoms with Crippen molar-refractivity contribution in [3.8, 4) is 17.3 Å². The van der Waals surface area contributed by atoms with E-state index in [4.69, 9.17) is 21.6 Å². The Morgan fingerprint density at radius 1 is 1.00 bits per heavy atom. The van der Waals surface area contributed by atoms with Crippen molar-refractivity contribution in [3.63, 3.8) is 0 Å². The molecular formula is C26H28ClN7. The molecule has 2 aliphatic rings. The fraction of sp³-hybridized carbons (Fsp3) is 0.385. The highest BCUT2D eigenvalue weighted by Crippen LogP contribution is 2.32. The Hall–Kier alpha value is -3.37. The topological polar surface area (TPSA) is 72.2 Å². The quantitative estimate of drug-likeness (QED) is 0.540. The van der Waals surface area contributed by atoms with Crippen molar-refractivity contribution in [1.82, 2.24) is 15.0 Å². The third kappa shape index (κ3) is 4.38. The number of nitriles is 1. The minimum atomic E-state index is 0.212. The first-order valence-electron chi connectivity index (χ1n) is 11.8. The van der Waals surface area contributed by atoms with Crippen molar-refractivity contribution < 1.29 is 0 Å². The molecule has 0 saturated carbocycles. The van der Waals surface area contributed by atoms with E-state index in [9.17, 15) is 5.26 Å². The number of benzene rings is 1. The van der Waals surface area contributed by atoms with Crippen LogP contribution >= 0.6 is 11.6 Å². The molecule has 34 heavy (non-hydrogen) atoms. The normalized spacial score (nSPS) is 20.5. The van der Waals surface area contributed by atoms with Crippen molar-refractivity contribution in [1.29, 1.82) is 5.26 Å². The molecule has 0 N–H and O–H groups in total. The number of hydrogen-bond donors (Lipinski definition) is 0. The van der Waals surface area contributed by atoms with Crippen molar-refractivity contribution in [2.24, 2.45) is 0 Å². The zero-order valence-corrected chi connectivity index (χ0v) is 20.3. The summed E-state index contributed by atoms with van der Waals surface area (Å²) in [5, 5.41) is 10.1. The fourth-order valence-corrected chi connectivity index (χ4v) is 5.17. The van der Waals surface area contributed by atoms with E-state index >= 15 is 0 Å². The highest BCUT2D eigenvalue weighted by Gasteiger charge is 2.29. The lowest BCUT2D eigenvalue weighted by atomic mass is 10.1. The monoisotopic (exact) mass is 473 g/mol. The minimum absolute atomic E-state index is 0.212. The molecule has 4 heterocycles. The maximum atomic E-state index is 9.38. The third-order valence-electron chi connectivity index (χ3n) is 6.76. The van der Waals surface area contributed by atoms with Gasteiger partial charge < -0.3 is 14.7 Å². The summed E-state index contributed by atoms with van der Waals surface area (Å²) in [4.78, 5) is 21.4. The Labute approximate surface area is 205 Å². The molecular weight excluding hydrogens is 446 g/mol. The number of piperazine rings is 1. The van der Waals surface area contributed by atoms with Crippen LogP contribution in [0.25, 0.3) is 11.3 Å². The number of halogens is 1. The summed E-state index contributed by atoms with van der Waals surface area (Å²) in [5.74, 6) is 2.52. The fourth-order valence-electron chi connectivity index (χ4n) is 4.92. The van der Waals surface area contributed by atoms with Crippen LogP contribution in [0.2, 0.25) is 5.02 Å².